The lowest BCUT2D eigenvalue weighted by Gasteiger charge is -2.07. The van der Waals surface area contributed by atoms with Crippen molar-refractivity contribution < 1.29 is 0 Å². The van der Waals surface area contributed by atoms with Crippen LogP contribution in [0.5, 0.6) is 0 Å². The normalized spacial score (nSPS) is 11.1. The van der Waals surface area contributed by atoms with Crippen molar-refractivity contribution >= 4 is 43.9 Å². The number of aromatic nitrogens is 2. The van der Waals surface area contributed by atoms with Crippen LogP contribution < -0.4 is 5.32 Å². The molecule has 4 rings (SSSR count). The van der Waals surface area contributed by atoms with Crippen molar-refractivity contribution in [1.82, 2.24) is 9.38 Å². The molecule has 102 valence electrons. The molecule has 0 saturated heterocycles. The number of pyridine rings is 1. The van der Waals surface area contributed by atoms with Crippen LogP contribution in [0.15, 0.2) is 71.5 Å². The molecule has 0 fully saturated rings. The number of nitrogens with one attached hydrogen (secondary N) is 1. The average Bonchev–Trinajstić information content (AvgIpc) is 2.89. The highest BCUT2D eigenvalue weighted by molar-refractivity contribution is 9.10. The minimum absolute atomic E-state index is 0.910. The Balaban J connectivity index is 1.75. The molecule has 21 heavy (non-hydrogen) atoms. The third-order valence-electron chi connectivity index (χ3n) is 3.50. The zero-order valence-corrected chi connectivity index (χ0v) is 12.7. The number of imidazole rings is 1. The monoisotopic (exact) mass is 337 g/mol. The van der Waals surface area contributed by atoms with Gasteiger partial charge in [0.05, 0.1) is 6.20 Å². The van der Waals surface area contributed by atoms with Crippen LogP contribution in [0.3, 0.4) is 0 Å². The van der Waals surface area contributed by atoms with Crippen molar-refractivity contribution in [2.75, 3.05) is 5.32 Å². The molecule has 0 radical (unpaired) electrons. The van der Waals surface area contributed by atoms with Gasteiger partial charge in [-0.3, -0.25) is 4.40 Å². The molecule has 0 saturated carbocycles. The third kappa shape index (κ3) is 2.28. The predicted octanol–water partition coefficient (Wildman–Crippen LogP) is 4.99. The van der Waals surface area contributed by atoms with E-state index < -0.39 is 0 Å². The maximum Gasteiger partial charge on any atom is 0.139 e. The van der Waals surface area contributed by atoms with E-state index in [-0.39, 0.29) is 0 Å². The molecular formula is C17H12BrN3. The van der Waals surface area contributed by atoms with Gasteiger partial charge in [0.15, 0.2) is 0 Å². The predicted molar refractivity (Wildman–Crippen MR) is 90.1 cm³/mol. The quantitative estimate of drug-likeness (QED) is 0.558. The third-order valence-corrected chi connectivity index (χ3v) is 3.99. The van der Waals surface area contributed by atoms with Gasteiger partial charge in [0, 0.05) is 16.4 Å². The number of hydrogen-bond acceptors (Lipinski definition) is 2. The van der Waals surface area contributed by atoms with Gasteiger partial charge in [-0.15, -0.1) is 0 Å². The molecule has 0 amide bonds. The minimum atomic E-state index is 0.910. The number of fused-ring (bicyclic) bond motifs is 2. The van der Waals surface area contributed by atoms with Gasteiger partial charge in [-0.05, 0) is 35.0 Å². The highest BCUT2D eigenvalue weighted by Crippen LogP contribution is 2.23. The number of halogens is 1. The second-order valence-electron chi connectivity index (χ2n) is 4.90. The number of anilines is 2. The van der Waals surface area contributed by atoms with E-state index in [2.05, 4.69) is 68.7 Å². The molecule has 2 aromatic heterocycles. The van der Waals surface area contributed by atoms with E-state index in [1.807, 2.05) is 28.9 Å². The summed E-state index contributed by atoms with van der Waals surface area (Å²) in [6.45, 7) is 0. The van der Waals surface area contributed by atoms with E-state index in [4.69, 9.17) is 0 Å². The van der Waals surface area contributed by atoms with Gasteiger partial charge in [0.25, 0.3) is 0 Å². The molecule has 2 aromatic carbocycles. The number of rotatable bonds is 2. The number of hydrogen-bond donors (Lipinski definition) is 1. The first-order chi connectivity index (χ1) is 10.3. The van der Waals surface area contributed by atoms with Crippen LogP contribution in [0.25, 0.3) is 16.4 Å². The summed E-state index contributed by atoms with van der Waals surface area (Å²) in [4.78, 5) is 4.41. The maximum absolute atomic E-state index is 4.41. The van der Waals surface area contributed by atoms with Crippen LogP contribution in [0.4, 0.5) is 11.5 Å². The summed E-state index contributed by atoms with van der Waals surface area (Å²) in [5.74, 6) is 0.952. The SMILES string of the molecule is Brc1ccn2c(Nc3ccc4ccccc4c3)cnc2c1. The molecule has 0 spiro atoms. The molecule has 0 unspecified atom stereocenters. The highest BCUT2D eigenvalue weighted by Gasteiger charge is 2.04. The Morgan fingerprint density at radius 2 is 1.81 bits per heavy atom. The van der Waals surface area contributed by atoms with Gasteiger partial charge >= 0.3 is 0 Å². The van der Waals surface area contributed by atoms with Gasteiger partial charge in [0.2, 0.25) is 0 Å². The summed E-state index contributed by atoms with van der Waals surface area (Å²) in [5, 5.41) is 5.89. The Hall–Kier alpha value is -2.33. The highest BCUT2D eigenvalue weighted by atomic mass is 79.9. The van der Waals surface area contributed by atoms with Gasteiger partial charge in [0.1, 0.15) is 11.5 Å². The second-order valence-corrected chi connectivity index (χ2v) is 5.82. The summed E-state index contributed by atoms with van der Waals surface area (Å²) in [5.41, 5.74) is 1.96. The molecule has 1 N–H and O–H groups in total. The van der Waals surface area contributed by atoms with Gasteiger partial charge < -0.3 is 5.32 Å². The number of benzene rings is 2. The lowest BCUT2D eigenvalue weighted by molar-refractivity contribution is 1.18. The summed E-state index contributed by atoms with van der Waals surface area (Å²) < 4.78 is 3.05. The lowest BCUT2D eigenvalue weighted by Crippen LogP contribution is -1.94. The Kier molecular flexibility index (Phi) is 2.89. The summed E-state index contributed by atoms with van der Waals surface area (Å²) in [6.07, 6.45) is 3.84. The summed E-state index contributed by atoms with van der Waals surface area (Å²) in [7, 11) is 0. The van der Waals surface area contributed by atoms with Crippen molar-refractivity contribution in [1.29, 1.82) is 0 Å². The Morgan fingerprint density at radius 3 is 2.71 bits per heavy atom. The molecule has 0 atom stereocenters. The molecule has 4 heteroatoms. The van der Waals surface area contributed by atoms with E-state index >= 15 is 0 Å². The van der Waals surface area contributed by atoms with Crippen LogP contribution in [-0.2, 0) is 0 Å². The van der Waals surface area contributed by atoms with Crippen molar-refractivity contribution in [3.63, 3.8) is 0 Å². The maximum atomic E-state index is 4.41. The summed E-state index contributed by atoms with van der Waals surface area (Å²) in [6, 6.07) is 18.7. The molecule has 0 bridgehead atoms. The largest absolute Gasteiger partial charge is 0.340 e. The summed E-state index contributed by atoms with van der Waals surface area (Å²) >= 11 is 3.46. The van der Waals surface area contributed by atoms with Crippen molar-refractivity contribution in [3.05, 3.63) is 71.5 Å². The standard InChI is InChI=1S/C17H12BrN3/c18-14-7-8-21-16(10-14)19-11-17(21)20-15-6-5-12-3-1-2-4-13(12)9-15/h1-11,20H. The Morgan fingerprint density at radius 1 is 0.952 bits per heavy atom. The number of nitrogens with zero attached hydrogens (tertiary/aromatic N) is 2. The second kappa shape index (κ2) is 4.90. The van der Waals surface area contributed by atoms with Crippen molar-refractivity contribution in [2.45, 2.75) is 0 Å². The van der Waals surface area contributed by atoms with Gasteiger partial charge in [-0.25, -0.2) is 4.98 Å². The zero-order valence-electron chi connectivity index (χ0n) is 11.1. The van der Waals surface area contributed by atoms with E-state index in [1.165, 1.54) is 10.8 Å². The molecule has 0 aliphatic heterocycles. The minimum Gasteiger partial charge on any atom is -0.340 e. The molecule has 3 nitrogen and oxygen atoms in total. The van der Waals surface area contributed by atoms with Gasteiger partial charge in [-0.1, -0.05) is 46.3 Å². The first-order valence-electron chi connectivity index (χ1n) is 6.68. The molecule has 0 aliphatic carbocycles. The van der Waals surface area contributed by atoms with Crippen LogP contribution in [0.1, 0.15) is 0 Å². The zero-order chi connectivity index (χ0) is 14.2. The topological polar surface area (TPSA) is 29.3 Å². The van der Waals surface area contributed by atoms with Crippen molar-refractivity contribution in [3.8, 4) is 0 Å². The molecular weight excluding hydrogens is 326 g/mol. The van der Waals surface area contributed by atoms with E-state index in [1.54, 1.807) is 0 Å². The molecule has 0 aliphatic rings. The van der Waals surface area contributed by atoms with Crippen molar-refractivity contribution in [2.24, 2.45) is 0 Å². The smallest absolute Gasteiger partial charge is 0.139 e. The van der Waals surface area contributed by atoms with Crippen LogP contribution in [0, 0.1) is 0 Å². The molecule has 2 heterocycles. The van der Waals surface area contributed by atoms with E-state index in [0.29, 0.717) is 0 Å². The van der Waals surface area contributed by atoms with Gasteiger partial charge in [-0.2, -0.15) is 0 Å². The first kappa shape index (κ1) is 12.4. The first-order valence-corrected chi connectivity index (χ1v) is 7.47. The van der Waals surface area contributed by atoms with E-state index in [0.717, 1.165) is 21.6 Å². The van der Waals surface area contributed by atoms with Crippen LogP contribution in [-0.4, -0.2) is 9.38 Å². The van der Waals surface area contributed by atoms with Crippen LogP contribution in [0.2, 0.25) is 0 Å². The fourth-order valence-corrected chi connectivity index (χ4v) is 2.79. The Labute approximate surface area is 130 Å². The fraction of sp³-hybridized carbons (Fsp3) is 0. The average molecular weight is 338 g/mol. The Bertz CT molecular complexity index is 943. The molecule has 4 aromatic rings. The van der Waals surface area contributed by atoms with Crippen LogP contribution >= 0.6 is 15.9 Å². The lowest BCUT2D eigenvalue weighted by atomic mass is 10.1. The fourth-order valence-electron chi connectivity index (χ4n) is 2.46. The van der Waals surface area contributed by atoms with E-state index in [9.17, 15) is 0 Å².